The van der Waals surface area contributed by atoms with Gasteiger partial charge >= 0.3 is 0 Å². The van der Waals surface area contributed by atoms with Crippen LogP contribution >= 0.6 is 0 Å². The molecule has 2 aliphatic carbocycles. The number of rotatable bonds is 0. The lowest BCUT2D eigenvalue weighted by Gasteiger charge is -2.51. The molecule has 0 amide bonds. The molecule has 2 atom stereocenters. The molecule has 2 rings (SSSR count). The van der Waals surface area contributed by atoms with E-state index in [1.807, 2.05) is 0 Å². The van der Waals surface area contributed by atoms with E-state index >= 15 is 0 Å². The molecular formula is C15H26. The minimum atomic E-state index is 0.503. The lowest BCUT2D eigenvalue weighted by Crippen LogP contribution is -2.42. The minimum Gasteiger partial charge on any atom is -0.0845 e. The van der Waals surface area contributed by atoms with Crippen LogP contribution in [0.3, 0.4) is 0 Å². The third-order valence-corrected chi connectivity index (χ3v) is 5.15. The second-order valence-corrected chi connectivity index (χ2v) is 7.08. The molecule has 1 fully saturated rings. The van der Waals surface area contributed by atoms with Gasteiger partial charge in [0.05, 0.1) is 0 Å². The van der Waals surface area contributed by atoms with Crippen molar-refractivity contribution >= 4 is 0 Å². The molecule has 0 aromatic rings. The molecule has 15 heavy (non-hydrogen) atoms. The largest absolute Gasteiger partial charge is 0.0845 e. The van der Waals surface area contributed by atoms with Crippen LogP contribution < -0.4 is 0 Å². The van der Waals surface area contributed by atoms with E-state index < -0.39 is 0 Å². The molecule has 0 heterocycles. The Kier molecular flexibility index (Phi) is 2.52. The lowest BCUT2D eigenvalue weighted by molar-refractivity contribution is 0.0523. The van der Waals surface area contributed by atoms with Crippen LogP contribution in [-0.2, 0) is 0 Å². The Labute approximate surface area is 95.1 Å². The zero-order valence-electron chi connectivity index (χ0n) is 11.1. The van der Waals surface area contributed by atoms with E-state index in [1.165, 1.54) is 25.7 Å². The Hall–Kier alpha value is -0.260. The van der Waals surface area contributed by atoms with Crippen LogP contribution in [-0.4, -0.2) is 0 Å². The maximum absolute atomic E-state index is 2.56. The van der Waals surface area contributed by atoms with Crippen molar-refractivity contribution in [3.8, 4) is 0 Å². The van der Waals surface area contributed by atoms with Crippen molar-refractivity contribution in [1.29, 1.82) is 0 Å². The summed E-state index contributed by atoms with van der Waals surface area (Å²) in [4.78, 5) is 0. The van der Waals surface area contributed by atoms with Gasteiger partial charge in [0.1, 0.15) is 0 Å². The maximum Gasteiger partial charge on any atom is -0.0121 e. The normalized spacial score (nSPS) is 38.1. The molecular weight excluding hydrogens is 180 g/mol. The van der Waals surface area contributed by atoms with Gasteiger partial charge in [-0.05, 0) is 48.3 Å². The third kappa shape index (κ3) is 1.77. The molecule has 0 aliphatic heterocycles. The summed E-state index contributed by atoms with van der Waals surface area (Å²) in [5.41, 5.74) is 2.81. The summed E-state index contributed by atoms with van der Waals surface area (Å²) >= 11 is 0. The molecule has 0 saturated heterocycles. The number of hydrogen-bond acceptors (Lipinski definition) is 0. The summed E-state index contributed by atoms with van der Waals surface area (Å²) < 4.78 is 0. The van der Waals surface area contributed by atoms with Gasteiger partial charge in [-0.1, -0.05) is 46.3 Å². The Bertz CT molecular complexity index is 280. The average Bonchev–Trinajstić information content (AvgIpc) is 2.11. The Balaban J connectivity index is 2.36. The van der Waals surface area contributed by atoms with E-state index in [-0.39, 0.29) is 0 Å². The van der Waals surface area contributed by atoms with Gasteiger partial charge in [-0.3, -0.25) is 0 Å². The molecule has 2 unspecified atom stereocenters. The number of hydrogen-bond donors (Lipinski definition) is 0. The quantitative estimate of drug-likeness (QED) is 0.499. The topological polar surface area (TPSA) is 0 Å². The van der Waals surface area contributed by atoms with Crippen molar-refractivity contribution in [2.45, 2.75) is 60.3 Å². The van der Waals surface area contributed by atoms with E-state index in [2.05, 4.69) is 40.7 Å². The Morgan fingerprint density at radius 2 is 1.80 bits per heavy atom. The van der Waals surface area contributed by atoms with Crippen LogP contribution in [0.15, 0.2) is 11.6 Å². The van der Waals surface area contributed by atoms with Gasteiger partial charge in [-0.15, -0.1) is 0 Å². The molecule has 0 nitrogen and oxygen atoms in total. The Morgan fingerprint density at radius 3 is 2.47 bits per heavy atom. The predicted molar refractivity (Wildman–Crippen MR) is 66.8 cm³/mol. The van der Waals surface area contributed by atoms with Gasteiger partial charge in [0.2, 0.25) is 0 Å². The molecule has 0 bridgehead atoms. The molecule has 0 radical (unpaired) electrons. The van der Waals surface area contributed by atoms with E-state index in [9.17, 15) is 0 Å². The molecule has 0 aromatic heterocycles. The average molecular weight is 206 g/mol. The van der Waals surface area contributed by atoms with Crippen LogP contribution in [0, 0.1) is 22.7 Å². The lowest BCUT2D eigenvalue weighted by atomic mass is 9.53. The van der Waals surface area contributed by atoms with Gasteiger partial charge in [0.15, 0.2) is 0 Å². The maximum atomic E-state index is 2.56. The van der Waals surface area contributed by atoms with Crippen LogP contribution in [0.25, 0.3) is 0 Å². The summed E-state index contributed by atoms with van der Waals surface area (Å²) in [5, 5.41) is 0. The van der Waals surface area contributed by atoms with Crippen molar-refractivity contribution in [3.63, 3.8) is 0 Å². The fourth-order valence-corrected chi connectivity index (χ4v) is 3.82. The smallest absolute Gasteiger partial charge is 0.0121 e. The fourth-order valence-electron chi connectivity index (χ4n) is 3.82. The third-order valence-electron chi connectivity index (χ3n) is 5.15. The van der Waals surface area contributed by atoms with Crippen LogP contribution in [0.5, 0.6) is 0 Å². The second-order valence-electron chi connectivity index (χ2n) is 7.08. The highest BCUT2D eigenvalue weighted by molar-refractivity contribution is 5.20. The van der Waals surface area contributed by atoms with Crippen LogP contribution in [0.2, 0.25) is 0 Å². The van der Waals surface area contributed by atoms with Crippen molar-refractivity contribution in [1.82, 2.24) is 0 Å². The van der Waals surface area contributed by atoms with Crippen LogP contribution in [0.1, 0.15) is 60.3 Å². The van der Waals surface area contributed by atoms with E-state index in [0.717, 1.165) is 11.8 Å². The highest BCUT2D eigenvalue weighted by Gasteiger charge is 2.45. The molecule has 1 saturated carbocycles. The standard InChI is InChI=1S/C15H26/c1-11-13-12(8-10-14(11,2)3)7-6-9-15(13,4)5/h8,11,13H,6-7,9-10H2,1-5H3. The van der Waals surface area contributed by atoms with Crippen molar-refractivity contribution < 1.29 is 0 Å². The summed E-state index contributed by atoms with van der Waals surface area (Å²) in [6.45, 7) is 12.3. The first-order chi connectivity index (χ1) is 6.84. The predicted octanol–water partition coefficient (Wildman–Crippen LogP) is 4.81. The van der Waals surface area contributed by atoms with Crippen LogP contribution in [0.4, 0.5) is 0 Å². The van der Waals surface area contributed by atoms with Crippen molar-refractivity contribution in [2.75, 3.05) is 0 Å². The number of fused-ring (bicyclic) bond motifs is 1. The van der Waals surface area contributed by atoms with E-state index in [1.54, 1.807) is 5.57 Å². The van der Waals surface area contributed by atoms with Gasteiger partial charge in [-0.2, -0.15) is 0 Å². The molecule has 2 aliphatic rings. The van der Waals surface area contributed by atoms with E-state index in [0.29, 0.717) is 10.8 Å². The molecule has 86 valence electrons. The first-order valence-corrected chi connectivity index (χ1v) is 6.53. The first-order valence-electron chi connectivity index (χ1n) is 6.53. The number of allylic oxidation sites excluding steroid dienone is 2. The summed E-state index contributed by atoms with van der Waals surface area (Å²) in [5.74, 6) is 1.68. The zero-order valence-corrected chi connectivity index (χ0v) is 11.1. The highest BCUT2D eigenvalue weighted by Crippen LogP contribution is 2.55. The second kappa shape index (κ2) is 3.37. The van der Waals surface area contributed by atoms with E-state index in [4.69, 9.17) is 0 Å². The van der Waals surface area contributed by atoms with Gasteiger partial charge in [-0.25, -0.2) is 0 Å². The zero-order chi connectivity index (χ0) is 11.3. The minimum absolute atomic E-state index is 0.503. The Morgan fingerprint density at radius 1 is 1.13 bits per heavy atom. The van der Waals surface area contributed by atoms with Crippen molar-refractivity contribution in [2.24, 2.45) is 22.7 Å². The van der Waals surface area contributed by atoms with Gasteiger partial charge < -0.3 is 0 Å². The SMILES string of the molecule is CC1C2C(=CCC1(C)C)CCCC2(C)C. The summed E-state index contributed by atoms with van der Waals surface area (Å²) in [7, 11) is 0. The molecule has 0 N–H and O–H groups in total. The molecule has 0 heteroatoms. The fraction of sp³-hybridized carbons (Fsp3) is 0.867. The highest BCUT2D eigenvalue weighted by atomic mass is 14.5. The summed E-state index contributed by atoms with van der Waals surface area (Å²) in [6.07, 6.45) is 8.04. The van der Waals surface area contributed by atoms with Crippen molar-refractivity contribution in [3.05, 3.63) is 11.6 Å². The monoisotopic (exact) mass is 206 g/mol. The summed E-state index contributed by atoms with van der Waals surface area (Å²) in [6, 6.07) is 0. The van der Waals surface area contributed by atoms with Gasteiger partial charge in [0, 0.05) is 0 Å². The molecule has 0 aromatic carbocycles. The van der Waals surface area contributed by atoms with Gasteiger partial charge in [0.25, 0.3) is 0 Å². The first kappa shape index (κ1) is 11.2. The molecule has 0 spiro atoms.